The molecule has 0 aromatic rings. The molecule has 1 amide bonds. The zero-order valence-corrected chi connectivity index (χ0v) is 12.5. The molecule has 3 N–H and O–H groups in total. The smallest absolute Gasteiger partial charge is 0.236 e. The molecule has 1 saturated carbocycles. The van der Waals surface area contributed by atoms with E-state index in [9.17, 15) is 4.79 Å². The van der Waals surface area contributed by atoms with Gasteiger partial charge in [-0.2, -0.15) is 23.5 Å². The largest absolute Gasteiger partial charge is 0.353 e. The van der Waals surface area contributed by atoms with Crippen molar-refractivity contribution < 1.29 is 4.79 Å². The van der Waals surface area contributed by atoms with E-state index in [4.69, 9.17) is 5.73 Å². The minimum atomic E-state index is -0.345. The van der Waals surface area contributed by atoms with Gasteiger partial charge in [-0.3, -0.25) is 4.79 Å². The van der Waals surface area contributed by atoms with Crippen LogP contribution in [0.1, 0.15) is 32.1 Å². The summed E-state index contributed by atoms with van der Waals surface area (Å²) in [6, 6.07) is -0.345. The van der Waals surface area contributed by atoms with E-state index in [1.807, 2.05) is 18.0 Å². The summed E-state index contributed by atoms with van der Waals surface area (Å²) in [5.41, 5.74) is 5.84. The molecule has 0 saturated heterocycles. The van der Waals surface area contributed by atoms with E-state index in [-0.39, 0.29) is 16.7 Å². The van der Waals surface area contributed by atoms with Gasteiger partial charge in [-0.25, -0.2) is 0 Å². The van der Waals surface area contributed by atoms with Gasteiger partial charge in [-0.05, 0) is 37.5 Å². The van der Waals surface area contributed by atoms with Crippen LogP contribution in [0.25, 0.3) is 0 Å². The number of carbonyl (C=O) groups excluding carboxylic acids is 1. The lowest BCUT2D eigenvalue weighted by molar-refractivity contribution is -0.122. The Morgan fingerprint density at radius 3 is 2.59 bits per heavy atom. The summed E-state index contributed by atoms with van der Waals surface area (Å²) < 4.78 is 0.273. The number of thioether (sulfide) groups is 2. The van der Waals surface area contributed by atoms with Crippen molar-refractivity contribution in [3.05, 3.63) is 0 Å². The van der Waals surface area contributed by atoms with E-state index >= 15 is 0 Å². The first-order valence-electron chi connectivity index (χ1n) is 6.21. The highest BCUT2D eigenvalue weighted by Crippen LogP contribution is 2.39. The highest BCUT2D eigenvalue weighted by molar-refractivity contribution is 8.00. The molecule has 1 aliphatic carbocycles. The number of nitrogens with one attached hydrogen (secondary N) is 1. The molecular formula is C12H24N2OS2. The highest BCUT2D eigenvalue weighted by atomic mass is 32.2. The van der Waals surface area contributed by atoms with Crippen LogP contribution < -0.4 is 11.1 Å². The van der Waals surface area contributed by atoms with Gasteiger partial charge in [-0.1, -0.05) is 12.8 Å². The van der Waals surface area contributed by atoms with Crippen LogP contribution in [-0.4, -0.2) is 41.5 Å². The van der Waals surface area contributed by atoms with E-state index < -0.39 is 0 Å². The van der Waals surface area contributed by atoms with Gasteiger partial charge in [0.25, 0.3) is 0 Å². The quantitative estimate of drug-likeness (QED) is 0.745. The topological polar surface area (TPSA) is 55.1 Å². The monoisotopic (exact) mass is 276 g/mol. The Bertz CT molecular complexity index is 243. The van der Waals surface area contributed by atoms with Crippen LogP contribution >= 0.6 is 23.5 Å². The second-order valence-corrected chi connectivity index (χ2v) is 6.96. The molecule has 1 fully saturated rings. The SMILES string of the molecule is CSCC[C@H](N)C(=O)NCC1(SC)CCCC1. The first-order chi connectivity index (χ1) is 8.13. The van der Waals surface area contributed by atoms with Crippen molar-refractivity contribution in [1.82, 2.24) is 5.32 Å². The van der Waals surface area contributed by atoms with E-state index in [0.717, 1.165) is 18.7 Å². The standard InChI is InChI=1S/C12H24N2OS2/c1-16-8-5-10(13)11(15)14-9-12(17-2)6-3-4-7-12/h10H,3-9,13H2,1-2H3,(H,14,15)/t10-/m0/s1. The van der Waals surface area contributed by atoms with Crippen LogP contribution in [0.15, 0.2) is 0 Å². The van der Waals surface area contributed by atoms with E-state index in [0.29, 0.717) is 0 Å². The van der Waals surface area contributed by atoms with Gasteiger partial charge in [0, 0.05) is 11.3 Å². The van der Waals surface area contributed by atoms with Gasteiger partial charge in [0.15, 0.2) is 0 Å². The fraction of sp³-hybridized carbons (Fsp3) is 0.917. The zero-order chi connectivity index (χ0) is 12.7. The number of hydrogen-bond donors (Lipinski definition) is 2. The van der Waals surface area contributed by atoms with Crippen molar-refractivity contribution in [2.45, 2.75) is 42.9 Å². The lowest BCUT2D eigenvalue weighted by Gasteiger charge is -2.27. The maximum absolute atomic E-state index is 11.8. The molecule has 0 bridgehead atoms. The van der Waals surface area contributed by atoms with Gasteiger partial charge in [0.05, 0.1) is 6.04 Å². The highest BCUT2D eigenvalue weighted by Gasteiger charge is 2.33. The molecule has 0 spiro atoms. The van der Waals surface area contributed by atoms with Crippen LogP contribution in [-0.2, 0) is 4.79 Å². The Hall–Kier alpha value is 0.130. The summed E-state index contributed by atoms with van der Waals surface area (Å²) in [6.07, 6.45) is 9.95. The third-order valence-electron chi connectivity index (χ3n) is 3.50. The Morgan fingerprint density at radius 2 is 2.06 bits per heavy atom. The summed E-state index contributed by atoms with van der Waals surface area (Å²) in [5.74, 6) is 0.960. The number of hydrogen-bond acceptors (Lipinski definition) is 4. The summed E-state index contributed by atoms with van der Waals surface area (Å²) in [5, 5.41) is 3.03. The van der Waals surface area contributed by atoms with Gasteiger partial charge in [-0.15, -0.1) is 0 Å². The first-order valence-corrected chi connectivity index (χ1v) is 8.83. The van der Waals surface area contributed by atoms with Crippen LogP contribution in [0.3, 0.4) is 0 Å². The predicted octanol–water partition coefficient (Wildman–Crippen LogP) is 1.86. The lowest BCUT2D eigenvalue weighted by Crippen LogP contribution is -2.46. The second-order valence-electron chi connectivity index (χ2n) is 4.70. The van der Waals surface area contributed by atoms with E-state index in [2.05, 4.69) is 11.6 Å². The molecule has 1 atom stereocenters. The van der Waals surface area contributed by atoms with Crippen molar-refractivity contribution in [2.75, 3.05) is 24.8 Å². The second kappa shape index (κ2) is 7.54. The minimum absolute atomic E-state index is 0.0133. The average Bonchev–Trinajstić information content (AvgIpc) is 2.82. The number of nitrogens with two attached hydrogens (primary N) is 1. The normalized spacial score (nSPS) is 20.2. The van der Waals surface area contributed by atoms with Gasteiger partial charge >= 0.3 is 0 Å². The third-order valence-corrected chi connectivity index (χ3v) is 5.56. The molecule has 1 rings (SSSR count). The molecular weight excluding hydrogens is 252 g/mol. The van der Waals surface area contributed by atoms with Gasteiger partial charge in [0.1, 0.15) is 0 Å². The maximum Gasteiger partial charge on any atom is 0.236 e. The fourth-order valence-corrected chi connectivity index (χ4v) is 3.63. The van der Waals surface area contributed by atoms with Crippen molar-refractivity contribution in [1.29, 1.82) is 0 Å². The van der Waals surface area contributed by atoms with E-state index in [1.54, 1.807) is 11.8 Å². The maximum atomic E-state index is 11.8. The summed E-state index contributed by atoms with van der Waals surface area (Å²) in [6.45, 7) is 0.778. The Morgan fingerprint density at radius 1 is 1.41 bits per heavy atom. The molecule has 0 aromatic carbocycles. The number of amides is 1. The Kier molecular flexibility index (Phi) is 6.74. The van der Waals surface area contributed by atoms with Crippen molar-refractivity contribution in [3.63, 3.8) is 0 Å². The number of carbonyl (C=O) groups is 1. The zero-order valence-electron chi connectivity index (χ0n) is 10.8. The summed E-state index contributed by atoms with van der Waals surface area (Å²) >= 11 is 3.62. The van der Waals surface area contributed by atoms with Crippen LogP contribution in [0.4, 0.5) is 0 Å². The van der Waals surface area contributed by atoms with Crippen LogP contribution in [0.5, 0.6) is 0 Å². The first kappa shape index (κ1) is 15.2. The Labute approximate surface area is 113 Å². The fourth-order valence-electron chi connectivity index (χ4n) is 2.23. The minimum Gasteiger partial charge on any atom is -0.353 e. The summed E-state index contributed by atoms with van der Waals surface area (Å²) in [4.78, 5) is 11.8. The molecule has 100 valence electrons. The molecule has 1 aliphatic rings. The van der Waals surface area contributed by atoms with E-state index in [1.165, 1.54) is 25.7 Å². The third kappa shape index (κ3) is 4.72. The van der Waals surface area contributed by atoms with Crippen molar-refractivity contribution in [2.24, 2.45) is 5.73 Å². The number of rotatable bonds is 7. The Balaban J connectivity index is 2.31. The molecule has 0 aliphatic heterocycles. The summed E-state index contributed by atoms with van der Waals surface area (Å²) in [7, 11) is 0. The molecule has 3 nitrogen and oxygen atoms in total. The van der Waals surface area contributed by atoms with Crippen LogP contribution in [0.2, 0.25) is 0 Å². The molecule has 0 aromatic heterocycles. The lowest BCUT2D eigenvalue weighted by atomic mass is 10.1. The average molecular weight is 276 g/mol. The van der Waals surface area contributed by atoms with Crippen molar-refractivity contribution in [3.8, 4) is 0 Å². The van der Waals surface area contributed by atoms with Crippen LogP contribution in [0, 0.1) is 0 Å². The van der Waals surface area contributed by atoms with Crippen molar-refractivity contribution >= 4 is 29.4 Å². The predicted molar refractivity (Wildman–Crippen MR) is 78.7 cm³/mol. The van der Waals surface area contributed by atoms with Gasteiger partial charge < -0.3 is 11.1 Å². The van der Waals surface area contributed by atoms with Gasteiger partial charge in [0.2, 0.25) is 5.91 Å². The molecule has 0 radical (unpaired) electrons. The molecule has 5 heteroatoms. The molecule has 0 unspecified atom stereocenters. The molecule has 17 heavy (non-hydrogen) atoms. The molecule has 0 heterocycles.